The molecule has 0 unspecified atom stereocenters. The number of nitrogens with one attached hydrogen (secondary N) is 3. The number of aryl methyl sites for hydroxylation is 2. The highest BCUT2D eigenvalue weighted by Gasteiger charge is 2.24. The number of halogens is 1. The third-order valence-electron chi connectivity index (χ3n) is 4.69. The highest BCUT2D eigenvalue weighted by molar-refractivity contribution is 7.89. The van der Waals surface area contributed by atoms with Crippen LogP contribution >= 0.6 is 0 Å². The monoisotopic (exact) mass is 449 g/mol. The van der Waals surface area contributed by atoms with Crippen molar-refractivity contribution in [3.63, 3.8) is 0 Å². The molecule has 1 atom stereocenters. The van der Waals surface area contributed by atoms with Gasteiger partial charge in [-0.2, -0.15) is 0 Å². The number of hydrogen-bond donors (Lipinski definition) is 3. The Morgan fingerprint density at radius 2 is 1.65 bits per heavy atom. The molecule has 0 spiro atoms. The van der Waals surface area contributed by atoms with Gasteiger partial charge in [-0.1, -0.05) is 26.0 Å². The van der Waals surface area contributed by atoms with Crippen LogP contribution in [-0.4, -0.2) is 39.4 Å². The zero-order valence-corrected chi connectivity index (χ0v) is 18.8. The molecule has 0 radical (unpaired) electrons. The van der Waals surface area contributed by atoms with Crippen LogP contribution < -0.4 is 15.4 Å². The lowest BCUT2D eigenvalue weighted by atomic mass is 10.0. The molecule has 168 valence electrons. The van der Waals surface area contributed by atoms with E-state index in [1.807, 2.05) is 13.0 Å². The average Bonchev–Trinajstić information content (AvgIpc) is 2.71. The first-order chi connectivity index (χ1) is 14.5. The number of rotatable bonds is 9. The summed E-state index contributed by atoms with van der Waals surface area (Å²) in [5.41, 5.74) is 1.70. The minimum absolute atomic E-state index is 0.00181. The van der Waals surface area contributed by atoms with Gasteiger partial charge in [0.1, 0.15) is 11.9 Å². The first kappa shape index (κ1) is 24.5. The normalized spacial score (nSPS) is 12.5. The molecule has 0 heterocycles. The molecule has 0 bridgehead atoms. The zero-order chi connectivity index (χ0) is 23.2. The van der Waals surface area contributed by atoms with Crippen LogP contribution in [0.15, 0.2) is 47.4 Å². The van der Waals surface area contributed by atoms with Gasteiger partial charge in [0, 0.05) is 18.7 Å². The maximum atomic E-state index is 13.0. The van der Waals surface area contributed by atoms with E-state index in [0.29, 0.717) is 5.56 Å². The van der Waals surface area contributed by atoms with Crippen molar-refractivity contribution in [2.45, 2.75) is 38.6 Å². The summed E-state index contributed by atoms with van der Waals surface area (Å²) in [4.78, 5) is 25.1. The van der Waals surface area contributed by atoms with Gasteiger partial charge in [0.05, 0.1) is 4.90 Å². The standard InChI is InChI=1S/C22H28FN3O4S/c1-14(2)20(26-21(27)17-7-9-18(23)10-8-17)22(28)24-11-12-25-31(29,30)19-13-15(3)5-6-16(19)4/h5-10,13-14,20,25H,11-12H2,1-4H3,(H,24,28)(H,26,27)/t20-/m1/s1. The molecular formula is C22H28FN3O4S. The number of amides is 2. The van der Waals surface area contributed by atoms with Crippen LogP contribution in [0, 0.1) is 25.6 Å². The topological polar surface area (TPSA) is 104 Å². The van der Waals surface area contributed by atoms with Crippen LogP contribution in [0.5, 0.6) is 0 Å². The summed E-state index contributed by atoms with van der Waals surface area (Å²) in [6.07, 6.45) is 0. The summed E-state index contributed by atoms with van der Waals surface area (Å²) < 4.78 is 40.5. The zero-order valence-electron chi connectivity index (χ0n) is 18.0. The summed E-state index contributed by atoms with van der Waals surface area (Å²) in [6, 6.07) is 9.35. The van der Waals surface area contributed by atoms with Gasteiger partial charge < -0.3 is 10.6 Å². The number of benzene rings is 2. The predicted octanol–water partition coefficient (Wildman–Crippen LogP) is 2.29. The van der Waals surface area contributed by atoms with Gasteiger partial charge in [-0.15, -0.1) is 0 Å². The van der Waals surface area contributed by atoms with Gasteiger partial charge in [-0.25, -0.2) is 17.5 Å². The molecule has 0 saturated heterocycles. The molecule has 0 aliphatic carbocycles. The molecule has 2 aromatic rings. The van der Waals surface area contributed by atoms with Crippen LogP contribution in [0.25, 0.3) is 0 Å². The Bertz CT molecular complexity index is 1040. The Kier molecular flexibility index (Phi) is 8.29. The maximum absolute atomic E-state index is 13.0. The van der Waals surface area contributed by atoms with Gasteiger partial charge in [0.15, 0.2) is 0 Å². The number of hydrogen-bond acceptors (Lipinski definition) is 4. The quantitative estimate of drug-likeness (QED) is 0.511. The molecule has 7 nitrogen and oxygen atoms in total. The largest absolute Gasteiger partial charge is 0.353 e. The summed E-state index contributed by atoms with van der Waals surface area (Å²) in [5, 5.41) is 5.28. The van der Waals surface area contributed by atoms with Crippen molar-refractivity contribution in [1.29, 1.82) is 0 Å². The molecule has 0 saturated carbocycles. The molecular weight excluding hydrogens is 421 g/mol. The molecule has 0 aliphatic rings. The van der Waals surface area contributed by atoms with Gasteiger partial charge in [-0.05, 0) is 61.2 Å². The van der Waals surface area contributed by atoms with Crippen LogP contribution in [0.4, 0.5) is 4.39 Å². The predicted molar refractivity (Wildman–Crippen MR) is 117 cm³/mol. The van der Waals surface area contributed by atoms with Crippen LogP contribution in [0.1, 0.15) is 35.3 Å². The molecule has 31 heavy (non-hydrogen) atoms. The van der Waals surface area contributed by atoms with Crippen LogP contribution in [0.3, 0.4) is 0 Å². The molecule has 0 aromatic heterocycles. The second-order valence-electron chi connectivity index (χ2n) is 7.66. The summed E-state index contributed by atoms with van der Waals surface area (Å²) >= 11 is 0. The Labute approximate surface area is 182 Å². The van der Waals surface area contributed by atoms with E-state index >= 15 is 0 Å². The fourth-order valence-electron chi connectivity index (χ4n) is 2.92. The van der Waals surface area contributed by atoms with Crippen molar-refractivity contribution in [2.24, 2.45) is 5.92 Å². The van der Waals surface area contributed by atoms with Gasteiger partial charge in [0.2, 0.25) is 15.9 Å². The SMILES string of the molecule is Cc1ccc(C)c(S(=O)(=O)NCCNC(=O)[C@H](NC(=O)c2ccc(F)cc2)C(C)C)c1. The lowest BCUT2D eigenvalue weighted by Gasteiger charge is -2.22. The van der Waals surface area contributed by atoms with E-state index < -0.39 is 33.7 Å². The summed E-state index contributed by atoms with van der Waals surface area (Å²) in [7, 11) is -3.71. The molecule has 3 N–H and O–H groups in total. The molecule has 2 amide bonds. The highest BCUT2D eigenvalue weighted by atomic mass is 32.2. The van der Waals surface area contributed by atoms with E-state index in [1.54, 1.807) is 32.9 Å². The van der Waals surface area contributed by atoms with Gasteiger partial charge in [0.25, 0.3) is 5.91 Å². The Morgan fingerprint density at radius 1 is 1.00 bits per heavy atom. The first-order valence-corrected chi connectivity index (χ1v) is 11.4. The summed E-state index contributed by atoms with van der Waals surface area (Å²) in [6.45, 7) is 7.13. The lowest BCUT2D eigenvalue weighted by molar-refractivity contribution is -0.123. The van der Waals surface area contributed by atoms with Crippen molar-refractivity contribution in [3.05, 3.63) is 65.0 Å². The summed E-state index contributed by atoms with van der Waals surface area (Å²) in [5.74, 6) is -1.60. The fraction of sp³-hybridized carbons (Fsp3) is 0.364. The third-order valence-corrected chi connectivity index (χ3v) is 6.29. The van der Waals surface area contributed by atoms with Crippen molar-refractivity contribution in [2.75, 3.05) is 13.1 Å². The van der Waals surface area contributed by atoms with Crippen LogP contribution in [-0.2, 0) is 14.8 Å². The van der Waals surface area contributed by atoms with E-state index in [2.05, 4.69) is 15.4 Å². The second kappa shape index (κ2) is 10.5. The number of sulfonamides is 1. The van der Waals surface area contributed by atoms with E-state index in [0.717, 1.165) is 5.56 Å². The van der Waals surface area contributed by atoms with E-state index in [-0.39, 0.29) is 29.5 Å². The van der Waals surface area contributed by atoms with Gasteiger partial charge in [-0.3, -0.25) is 9.59 Å². The van der Waals surface area contributed by atoms with Crippen molar-refractivity contribution in [1.82, 2.24) is 15.4 Å². The molecule has 0 fully saturated rings. The Balaban J connectivity index is 1.92. The van der Waals surface area contributed by atoms with Crippen molar-refractivity contribution < 1.29 is 22.4 Å². The Hall–Kier alpha value is -2.78. The smallest absolute Gasteiger partial charge is 0.251 e. The van der Waals surface area contributed by atoms with Crippen molar-refractivity contribution >= 4 is 21.8 Å². The fourth-order valence-corrected chi connectivity index (χ4v) is 4.28. The molecule has 9 heteroatoms. The van der Waals surface area contributed by atoms with Gasteiger partial charge >= 0.3 is 0 Å². The highest BCUT2D eigenvalue weighted by Crippen LogP contribution is 2.16. The van der Waals surface area contributed by atoms with E-state index in [9.17, 15) is 22.4 Å². The third kappa shape index (κ3) is 6.86. The van der Waals surface area contributed by atoms with Crippen molar-refractivity contribution in [3.8, 4) is 0 Å². The molecule has 0 aliphatic heterocycles. The number of carbonyl (C=O) groups is 2. The minimum Gasteiger partial charge on any atom is -0.353 e. The van der Waals surface area contributed by atoms with E-state index in [4.69, 9.17) is 0 Å². The lowest BCUT2D eigenvalue weighted by Crippen LogP contribution is -2.50. The molecule has 2 rings (SSSR count). The number of carbonyl (C=O) groups excluding carboxylic acids is 2. The first-order valence-electron chi connectivity index (χ1n) is 9.92. The van der Waals surface area contributed by atoms with E-state index in [1.165, 1.54) is 24.3 Å². The maximum Gasteiger partial charge on any atom is 0.251 e. The van der Waals surface area contributed by atoms with Crippen LogP contribution in [0.2, 0.25) is 0 Å². The molecule has 2 aromatic carbocycles. The minimum atomic E-state index is -3.71. The Morgan fingerprint density at radius 3 is 2.26 bits per heavy atom. The second-order valence-corrected chi connectivity index (χ2v) is 9.40. The average molecular weight is 450 g/mol.